The Kier molecular flexibility index (Phi) is 49.2. The average Bonchev–Trinajstić information content (AvgIpc) is 3.28. The van der Waals surface area contributed by atoms with Crippen LogP contribution in [-0.4, -0.2) is 74.1 Å². The van der Waals surface area contributed by atoms with Gasteiger partial charge in [-0.25, -0.2) is 0 Å². The lowest BCUT2D eigenvalue weighted by molar-refractivity contribution is -0.146. The predicted molar refractivity (Wildman–Crippen MR) is 283 cm³/mol. The molecule has 0 saturated carbocycles. The molecule has 3 atom stereocenters. The number of hydrogen-bond donors (Lipinski definition) is 0. The third-order valence-corrected chi connectivity index (χ3v) is 13.9. The topological polar surface area (TPSA) is 76.2 Å². The number of nitrogens with zero attached hydrogens (tertiary/aromatic N) is 2. The molecule has 65 heavy (non-hydrogen) atoms. The van der Waals surface area contributed by atoms with Crippen molar-refractivity contribution in [3.05, 3.63) is 0 Å². The van der Waals surface area contributed by atoms with E-state index in [2.05, 4.69) is 65.4 Å². The number of hydrogen-bond acceptors (Lipinski definition) is 6. The van der Waals surface area contributed by atoms with Crippen LogP contribution >= 0.6 is 0 Å². The normalized spacial score (nSPS) is 13.3. The van der Waals surface area contributed by atoms with Crippen LogP contribution in [0.1, 0.15) is 293 Å². The van der Waals surface area contributed by atoms with E-state index in [0.717, 1.165) is 103 Å². The van der Waals surface area contributed by atoms with Gasteiger partial charge in [0.05, 0.1) is 13.2 Å². The van der Waals surface area contributed by atoms with Gasteiger partial charge in [-0.1, -0.05) is 209 Å². The summed E-state index contributed by atoms with van der Waals surface area (Å²) in [6.07, 6.45) is 42.9. The first-order chi connectivity index (χ1) is 31.2. The minimum Gasteiger partial charge on any atom is -0.465 e. The molecule has 0 aliphatic heterocycles. The van der Waals surface area contributed by atoms with Crippen molar-refractivity contribution in [1.29, 1.82) is 0 Å². The highest BCUT2D eigenvalue weighted by molar-refractivity contribution is 5.79. The Morgan fingerprint density at radius 2 is 0.754 bits per heavy atom. The fraction of sp³-hybridized carbons (Fsp3) is 0.948. The number of carbonyl (C=O) groups is 3. The van der Waals surface area contributed by atoms with Crippen LogP contribution in [-0.2, 0) is 23.9 Å². The minimum atomic E-state index is -0.00781. The zero-order valence-electron chi connectivity index (χ0n) is 44.4. The van der Waals surface area contributed by atoms with E-state index < -0.39 is 0 Å². The molecule has 0 spiro atoms. The van der Waals surface area contributed by atoms with Gasteiger partial charge in [-0.15, -0.1) is 0 Å². The Labute approximate surface area is 407 Å². The summed E-state index contributed by atoms with van der Waals surface area (Å²) in [6, 6.07) is 0.306. The van der Waals surface area contributed by atoms with Gasteiger partial charge in [0.2, 0.25) is 5.91 Å². The lowest BCUT2D eigenvalue weighted by Gasteiger charge is -2.35. The fourth-order valence-electron chi connectivity index (χ4n) is 9.47. The molecule has 0 aromatic carbocycles. The van der Waals surface area contributed by atoms with E-state index in [1.165, 1.54) is 141 Å². The second-order valence-corrected chi connectivity index (χ2v) is 20.3. The lowest BCUT2D eigenvalue weighted by Crippen LogP contribution is -2.45. The van der Waals surface area contributed by atoms with Gasteiger partial charge in [0.15, 0.2) is 0 Å². The first-order valence-corrected chi connectivity index (χ1v) is 28.4. The molecule has 0 N–H and O–H groups in total. The smallest absolute Gasteiger partial charge is 0.305 e. The van der Waals surface area contributed by atoms with E-state index in [4.69, 9.17) is 9.47 Å². The second kappa shape index (κ2) is 48.8. The van der Waals surface area contributed by atoms with Gasteiger partial charge in [-0.05, 0) is 103 Å². The molecule has 1 amide bonds. The number of amides is 1. The van der Waals surface area contributed by atoms with E-state index in [-0.39, 0.29) is 25.3 Å². The molecular weight excluding hydrogens is 805 g/mol. The van der Waals surface area contributed by atoms with Gasteiger partial charge < -0.3 is 19.3 Å². The molecule has 0 saturated heterocycles. The summed E-state index contributed by atoms with van der Waals surface area (Å²) in [4.78, 5) is 44.2. The molecule has 0 aromatic rings. The largest absolute Gasteiger partial charge is 0.465 e. The van der Waals surface area contributed by atoms with Gasteiger partial charge >= 0.3 is 11.9 Å². The van der Waals surface area contributed by atoms with Crippen molar-refractivity contribution in [2.24, 2.45) is 17.8 Å². The van der Waals surface area contributed by atoms with Crippen LogP contribution in [0.25, 0.3) is 0 Å². The highest BCUT2D eigenvalue weighted by atomic mass is 16.5. The van der Waals surface area contributed by atoms with Crippen LogP contribution < -0.4 is 0 Å². The fourth-order valence-corrected chi connectivity index (χ4v) is 9.47. The van der Waals surface area contributed by atoms with E-state index >= 15 is 0 Å². The number of ether oxygens (including phenoxy) is 2. The molecule has 0 heterocycles. The van der Waals surface area contributed by atoms with E-state index in [1.54, 1.807) is 0 Å². The number of carbonyl (C=O) groups excluding carboxylic acids is 3. The molecule has 0 aliphatic carbocycles. The molecule has 7 nitrogen and oxygen atoms in total. The van der Waals surface area contributed by atoms with Gasteiger partial charge in [-0.3, -0.25) is 14.4 Å². The molecule has 0 fully saturated rings. The summed E-state index contributed by atoms with van der Waals surface area (Å²) in [5.74, 6) is 1.57. The van der Waals surface area contributed by atoms with Crippen LogP contribution in [0.5, 0.6) is 0 Å². The van der Waals surface area contributed by atoms with Crippen LogP contribution in [0.2, 0.25) is 0 Å². The maximum atomic E-state index is 14.3. The molecule has 3 unspecified atom stereocenters. The molecule has 0 aromatic heterocycles. The van der Waals surface area contributed by atoms with E-state index in [0.29, 0.717) is 49.8 Å². The molecule has 0 aliphatic rings. The Morgan fingerprint density at radius 1 is 0.400 bits per heavy atom. The van der Waals surface area contributed by atoms with Crippen molar-refractivity contribution in [3.8, 4) is 0 Å². The van der Waals surface area contributed by atoms with Gasteiger partial charge in [0.1, 0.15) is 0 Å². The number of unbranched alkanes of at least 4 members (excludes halogenated alkanes) is 20. The van der Waals surface area contributed by atoms with Crippen molar-refractivity contribution in [1.82, 2.24) is 9.80 Å². The van der Waals surface area contributed by atoms with E-state index in [1.807, 2.05) is 0 Å². The standard InChI is InChI=1S/C57H112N2O5.CH4/c1-9-15-20-31-40-51(38-18-12-4)49-63-55(60)45-35-28-24-22-26-33-43-54(59(48-37-47-58(7)8)57(62)53(14-6)42-30-17-11-3)44-34-27-23-25-29-36-46-56(61)64-50-52(39-19-13-5)41-32-21-16-10-2;/h51-54H,9-50H2,1-8H3;1H4. The molecule has 0 rings (SSSR count). The number of rotatable bonds is 49. The average molecular weight is 922 g/mol. The van der Waals surface area contributed by atoms with Crippen LogP contribution in [0.3, 0.4) is 0 Å². The summed E-state index contributed by atoms with van der Waals surface area (Å²) >= 11 is 0. The quantitative estimate of drug-likeness (QED) is 0.0447. The Balaban J connectivity index is 0. The molecule has 0 bridgehead atoms. The SMILES string of the molecule is C.CCCCCCC(CCCC)COC(=O)CCCCCCCCC(CCCCCCCCC(=O)OCC(CCCC)CCCCCC)N(CCCN(C)C)C(=O)C(CC)CCCCC. The number of esters is 2. The lowest BCUT2D eigenvalue weighted by atomic mass is 9.93. The van der Waals surface area contributed by atoms with Crippen molar-refractivity contribution in [3.63, 3.8) is 0 Å². The summed E-state index contributed by atoms with van der Waals surface area (Å²) in [6.45, 7) is 16.5. The zero-order chi connectivity index (χ0) is 47.3. The van der Waals surface area contributed by atoms with Crippen LogP contribution in [0.15, 0.2) is 0 Å². The second-order valence-electron chi connectivity index (χ2n) is 20.3. The highest BCUT2D eigenvalue weighted by Gasteiger charge is 2.28. The maximum Gasteiger partial charge on any atom is 0.305 e. The summed E-state index contributed by atoms with van der Waals surface area (Å²) in [5, 5.41) is 0. The summed E-state index contributed by atoms with van der Waals surface area (Å²) in [7, 11) is 4.27. The van der Waals surface area contributed by atoms with Gasteiger partial charge in [0.25, 0.3) is 0 Å². The van der Waals surface area contributed by atoms with E-state index in [9.17, 15) is 14.4 Å². The van der Waals surface area contributed by atoms with Crippen molar-refractivity contribution in [2.75, 3.05) is 40.4 Å². The maximum absolute atomic E-state index is 14.3. The predicted octanol–water partition coefficient (Wildman–Crippen LogP) is 17.3. The Hall–Kier alpha value is -1.63. The Morgan fingerprint density at radius 3 is 1.17 bits per heavy atom. The van der Waals surface area contributed by atoms with Gasteiger partial charge in [-0.2, -0.15) is 0 Å². The monoisotopic (exact) mass is 921 g/mol. The van der Waals surface area contributed by atoms with Crippen molar-refractivity contribution < 1.29 is 23.9 Å². The van der Waals surface area contributed by atoms with Crippen LogP contribution in [0.4, 0.5) is 0 Å². The Bertz CT molecular complexity index is 980. The van der Waals surface area contributed by atoms with Crippen molar-refractivity contribution in [2.45, 2.75) is 299 Å². The summed E-state index contributed by atoms with van der Waals surface area (Å²) < 4.78 is 11.6. The minimum absolute atomic E-state index is 0. The third-order valence-electron chi connectivity index (χ3n) is 13.9. The van der Waals surface area contributed by atoms with Crippen LogP contribution in [0, 0.1) is 17.8 Å². The first-order valence-electron chi connectivity index (χ1n) is 28.4. The van der Waals surface area contributed by atoms with Crippen molar-refractivity contribution >= 4 is 17.8 Å². The highest BCUT2D eigenvalue weighted by Crippen LogP contribution is 2.25. The molecule has 388 valence electrons. The summed E-state index contributed by atoms with van der Waals surface area (Å²) in [5.41, 5.74) is 0. The molecular formula is C58H116N2O5. The van der Waals surface area contributed by atoms with Gasteiger partial charge in [0, 0.05) is 31.3 Å². The molecule has 7 heteroatoms. The third kappa shape index (κ3) is 40.0. The molecule has 0 radical (unpaired) electrons. The first kappa shape index (κ1) is 65.5. The zero-order valence-corrected chi connectivity index (χ0v) is 44.4.